The summed E-state index contributed by atoms with van der Waals surface area (Å²) in [7, 11) is 0. The van der Waals surface area contributed by atoms with Gasteiger partial charge in [0.1, 0.15) is 6.33 Å². The minimum absolute atomic E-state index is 0.115. The number of aromatic nitrogens is 2. The molecular formula is C20H19N5O2. The first kappa shape index (κ1) is 17.0. The molecular weight excluding hydrogens is 342 g/mol. The quantitative estimate of drug-likeness (QED) is 0.543. The Morgan fingerprint density at radius 1 is 1.15 bits per heavy atom. The molecule has 2 aromatic carbocycles. The SMILES string of the molecule is Cc1cccc(Nc2ncnc(N3CCCc4ccccc43)c2[N+](=O)[O-])c1. The van der Waals surface area contributed by atoms with Crippen molar-refractivity contribution in [3.63, 3.8) is 0 Å². The maximum Gasteiger partial charge on any atom is 0.354 e. The largest absolute Gasteiger partial charge is 0.354 e. The van der Waals surface area contributed by atoms with Gasteiger partial charge in [-0.25, -0.2) is 9.97 Å². The summed E-state index contributed by atoms with van der Waals surface area (Å²) < 4.78 is 0. The number of benzene rings is 2. The average Bonchev–Trinajstić information content (AvgIpc) is 2.67. The highest BCUT2D eigenvalue weighted by molar-refractivity contribution is 5.79. The minimum atomic E-state index is -0.412. The maximum atomic E-state index is 11.9. The van der Waals surface area contributed by atoms with E-state index in [-0.39, 0.29) is 11.5 Å². The van der Waals surface area contributed by atoms with Gasteiger partial charge in [-0.2, -0.15) is 0 Å². The van der Waals surface area contributed by atoms with Crippen LogP contribution >= 0.6 is 0 Å². The van der Waals surface area contributed by atoms with E-state index in [1.807, 2.05) is 54.3 Å². The van der Waals surface area contributed by atoms with Crippen LogP contribution in [0.2, 0.25) is 0 Å². The molecule has 0 aliphatic carbocycles. The van der Waals surface area contributed by atoms with Crippen molar-refractivity contribution in [2.45, 2.75) is 19.8 Å². The number of anilines is 4. The molecule has 7 heteroatoms. The lowest BCUT2D eigenvalue weighted by Crippen LogP contribution is -2.26. The van der Waals surface area contributed by atoms with E-state index >= 15 is 0 Å². The van der Waals surface area contributed by atoms with Crippen molar-refractivity contribution in [2.24, 2.45) is 0 Å². The van der Waals surface area contributed by atoms with E-state index in [1.165, 1.54) is 11.9 Å². The lowest BCUT2D eigenvalue weighted by molar-refractivity contribution is -0.383. The van der Waals surface area contributed by atoms with Gasteiger partial charge in [0, 0.05) is 17.9 Å². The zero-order chi connectivity index (χ0) is 18.8. The topological polar surface area (TPSA) is 84.2 Å². The van der Waals surface area contributed by atoms with Crippen LogP contribution in [0.1, 0.15) is 17.5 Å². The van der Waals surface area contributed by atoms with Crippen molar-refractivity contribution in [3.8, 4) is 0 Å². The third kappa shape index (κ3) is 3.31. The number of rotatable bonds is 4. The third-order valence-corrected chi connectivity index (χ3v) is 4.63. The van der Waals surface area contributed by atoms with E-state index in [0.29, 0.717) is 12.4 Å². The van der Waals surface area contributed by atoms with Gasteiger partial charge in [-0.15, -0.1) is 0 Å². The Morgan fingerprint density at radius 3 is 2.81 bits per heavy atom. The molecule has 0 saturated heterocycles. The molecule has 0 fully saturated rings. The maximum absolute atomic E-state index is 11.9. The first-order valence-corrected chi connectivity index (χ1v) is 8.82. The Hall–Kier alpha value is -3.48. The molecule has 0 spiro atoms. The summed E-state index contributed by atoms with van der Waals surface area (Å²) in [6.45, 7) is 2.65. The van der Waals surface area contributed by atoms with Gasteiger partial charge in [-0.1, -0.05) is 30.3 Å². The molecule has 0 amide bonds. The molecule has 0 atom stereocenters. The van der Waals surface area contributed by atoms with Crippen molar-refractivity contribution in [1.82, 2.24) is 9.97 Å². The standard InChI is InChI=1S/C20H19N5O2/c1-14-6-4-9-16(12-14)23-19-18(25(26)27)20(22-13-21-19)24-11-5-8-15-7-2-3-10-17(15)24/h2-4,6-7,9-10,12-13H,5,8,11H2,1H3,(H,21,22,23). The highest BCUT2D eigenvalue weighted by atomic mass is 16.6. The van der Waals surface area contributed by atoms with E-state index in [2.05, 4.69) is 21.4 Å². The van der Waals surface area contributed by atoms with Crippen molar-refractivity contribution in [1.29, 1.82) is 0 Å². The van der Waals surface area contributed by atoms with Crippen LogP contribution in [0.15, 0.2) is 54.9 Å². The van der Waals surface area contributed by atoms with Gasteiger partial charge in [-0.3, -0.25) is 10.1 Å². The summed E-state index contributed by atoms with van der Waals surface area (Å²) in [6, 6.07) is 15.6. The summed E-state index contributed by atoms with van der Waals surface area (Å²) in [5.41, 5.74) is 3.83. The van der Waals surface area contributed by atoms with E-state index in [0.717, 1.165) is 29.8 Å². The number of nitrogens with one attached hydrogen (secondary N) is 1. The van der Waals surface area contributed by atoms with Crippen LogP contribution in [0, 0.1) is 17.0 Å². The molecule has 1 N–H and O–H groups in total. The van der Waals surface area contributed by atoms with Crippen LogP contribution in [0.3, 0.4) is 0 Å². The summed E-state index contributed by atoms with van der Waals surface area (Å²) in [4.78, 5) is 21.8. The summed E-state index contributed by atoms with van der Waals surface area (Å²) in [5.74, 6) is 0.510. The zero-order valence-corrected chi connectivity index (χ0v) is 14.9. The van der Waals surface area contributed by atoms with Gasteiger partial charge >= 0.3 is 5.69 Å². The van der Waals surface area contributed by atoms with Gasteiger partial charge < -0.3 is 10.2 Å². The predicted molar refractivity (Wildman–Crippen MR) is 105 cm³/mol. The monoisotopic (exact) mass is 361 g/mol. The number of hydrogen-bond acceptors (Lipinski definition) is 6. The molecule has 1 aliphatic heterocycles. The number of hydrogen-bond donors (Lipinski definition) is 1. The Balaban J connectivity index is 1.80. The fraction of sp³-hybridized carbons (Fsp3) is 0.200. The van der Waals surface area contributed by atoms with Crippen LogP contribution in [-0.2, 0) is 6.42 Å². The van der Waals surface area contributed by atoms with Crippen LogP contribution in [-0.4, -0.2) is 21.4 Å². The molecule has 3 aromatic rings. The molecule has 1 aromatic heterocycles. The summed E-state index contributed by atoms with van der Waals surface area (Å²) in [6.07, 6.45) is 3.25. The first-order valence-electron chi connectivity index (χ1n) is 8.82. The lowest BCUT2D eigenvalue weighted by atomic mass is 10.0. The Bertz CT molecular complexity index is 1010. The second kappa shape index (κ2) is 7.03. The molecule has 1 aliphatic rings. The van der Waals surface area contributed by atoms with Crippen LogP contribution < -0.4 is 10.2 Å². The Kier molecular flexibility index (Phi) is 4.42. The number of nitrogens with zero attached hydrogens (tertiary/aromatic N) is 4. The fourth-order valence-electron chi connectivity index (χ4n) is 3.44. The Morgan fingerprint density at radius 2 is 2.00 bits per heavy atom. The smallest absolute Gasteiger partial charge is 0.334 e. The molecule has 0 radical (unpaired) electrons. The second-order valence-electron chi connectivity index (χ2n) is 6.53. The van der Waals surface area contributed by atoms with E-state index in [9.17, 15) is 10.1 Å². The molecule has 7 nitrogen and oxygen atoms in total. The molecule has 0 unspecified atom stereocenters. The summed E-state index contributed by atoms with van der Waals surface area (Å²) >= 11 is 0. The number of aryl methyl sites for hydroxylation is 2. The summed E-state index contributed by atoms with van der Waals surface area (Å²) in [5, 5.41) is 15.0. The third-order valence-electron chi connectivity index (χ3n) is 4.63. The number of para-hydroxylation sites is 1. The van der Waals surface area contributed by atoms with Gasteiger partial charge in [0.2, 0.25) is 11.6 Å². The highest BCUT2D eigenvalue weighted by Crippen LogP contribution is 2.40. The molecule has 136 valence electrons. The molecule has 0 bridgehead atoms. The van der Waals surface area contributed by atoms with Gasteiger partial charge in [-0.05, 0) is 49.1 Å². The minimum Gasteiger partial charge on any atom is -0.334 e. The van der Waals surface area contributed by atoms with Gasteiger partial charge in [0.05, 0.1) is 4.92 Å². The zero-order valence-electron chi connectivity index (χ0n) is 14.9. The molecule has 0 saturated carbocycles. The van der Waals surface area contributed by atoms with Crippen LogP contribution in [0.25, 0.3) is 0 Å². The molecule has 27 heavy (non-hydrogen) atoms. The second-order valence-corrected chi connectivity index (χ2v) is 6.53. The number of nitro groups is 1. The lowest BCUT2D eigenvalue weighted by Gasteiger charge is -2.30. The van der Waals surface area contributed by atoms with Crippen molar-refractivity contribution < 1.29 is 4.92 Å². The fourth-order valence-corrected chi connectivity index (χ4v) is 3.44. The normalized spacial score (nSPS) is 13.1. The Labute approximate surface area is 156 Å². The van der Waals surface area contributed by atoms with Crippen molar-refractivity contribution in [3.05, 3.63) is 76.1 Å². The van der Waals surface area contributed by atoms with Crippen LogP contribution in [0.5, 0.6) is 0 Å². The molecule has 2 heterocycles. The van der Waals surface area contributed by atoms with Crippen molar-refractivity contribution >= 4 is 28.7 Å². The van der Waals surface area contributed by atoms with Crippen LogP contribution in [0.4, 0.5) is 28.7 Å². The van der Waals surface area contributed by atoms with E-state index in [1.54, 1.807) is 0 Å². The predicted octanol–water partition coefficient (Wildman–Crippen LogP) is 4.52. The van der Waals surface area contributed by atoms with E-state index in [4.69, 9.17) is 0 Å². The average molecular weight is 361 g/mol. The number of fused-ring (bicyclic) bond motifs is 1. The highest BCUT2D eigenvalue weighted by Gasteiger charge is 2.30. The van der Waals surface area contributed by atoms with Gasteiger partial charge in [0.15, 0.2) is 0 Å². The van der Waals surface area contributed by atoms with E-state index < -0.39 is 4.92 Å². The van der Waals surface area contributed by atoms with Crippen molar-refractivity contribution in [2.75, 3.05) is 16.8 Å². The first-order chi connectivity index (χ1) is 13.1. The van der Waals surface area contributed by atoms with Gasteiger partial charge in [0.25, 0.3) is 0 Å². The molecule has 4 rings (SSSR count).